The summed E-state index contributed by atoms with van der Waals surface area (Å²) in [4.78, 5) is 37.9. The maximum absolute atomic E-state index is 12.6. The first-order chi connectivity index (χ1) is 13.4. The Labute approximate surface area is 163 Å². The van der Waals surface area contributed by atoms with E-state index in [2.05, 4.69) is 22.7 Å². The van der Waals surface area contributed by atoms with E-state index in [1.54, 1.807) is 6.07 Å². The topological polar surface area (TPSA) is 105 Å². The molecule has 8 nitrogen and oxygen atoms in total. The van der Waals surface area contributed by atoms with E-state index < -0.39 is 17.5 Å². The van der Waals surface area contributed by atoms with Crippen molar-refractivity contribution in [2.75, 3.05) is 11.9 Å². The summed E-state index contributed by atoms with van der Waals surface area (Å²) in [7, 11) is 0. The van der Waals surface area contributed by atoms with E-state index in [0.29, 0.717) is 18.5 Å². The van der Waals surface area contributed by atoms with Crippen molar-refractivity contribution in [3.05, 3.63) is 35.9 Å². The Morgan fingerprint density at radius 3 is 2.43 bits per heavy atom. The number of nitrogens with one attached hydrogen (secondary N) is 2. The first-order valence-corrected chi connectivity index (χ1v) is 9.42. The number of hydrogen-bond donors (Lipinski definition) is 2. The molecule has 0 saturated carbocycles. The molecule has 4 amide bonds. The van der Waals surface area contributed by atoms with Crippen LogP contribution in [0, 0.1) is 0 Å². The Morgan fingerprint density at radius 2 is 1.86 bits per heavy atom. The third-order valence-corrected chi connectivity index (χ3v) is 5.19. The Kier molecular flexibility index (Phi) is 5.48. The molecule has 28 heavy (non-hydrogen) atoms. The highest BCUT2D eigenvalue weighted by molar-refractivity contribution is 6.10. The molecule has 1 aliphatic rings. The standard InChI is InChI=1S/C20H24N4O4/c1-4-13-7-9-14(10-8-13)15-11-17(28-23-15)21-16(25)12-24-18(26)20(5-2,6-3)22-19(24)27/h7-11H,4-6,12H2,1-3H3,(H,21,25)(H,22,27). The van der Waals surface area contributed by atoms with Crippen molar-refractivity contribution in [1.82, 2.24) is 15.4 Å². The van der Waals surface area contributed by atoms with Gasteiger partial charge in [-0.3, -0.25) is 19.8 Å². The van der Waals surface area contributed by atoms with Crippen molar-refractivity contribution in [2.45, 2.75) is 45.6 Å². The molecule has 0 unspecified atom stereocenters. The molecule has 0 spiro atoms. The third kappa shape index (κ3) is 3.62. The minimum absolute atomic E-state index is 0.156. The number of anilines is 1. The van der Waals surface area contributed by atoms with Gasteiger partial charge in [0.15, 0.2) is 0 Å². The second-order valence-electron chi connectivity index (χ2n) is 6.79. The quantitative estimate of drug-likeness (QED) is 0.714. The van der Waals surface area contributed by atoms with E-state index in [4.69, 9.17) is 4.52 Å². The fourth-order valence-electron chi connectivity index (χ4n) is 3.25. The number of carbonyl (C=O) groups excluding carboxylic acids is 3. The van der Waals surface area contributed by atoms with Crippen molar-refractivity contribution in [3.63, 3.8) is 0 Å². The molecule has 1 aromatic heterocycles. The van der Waals surface area contributed by atoms with Crippen molar-refractivity contribution in [3.8, 4) is 11.3 Å². The number of urea groups is 1. The Bertz CT molecular complexity index is 884. The second kappa shape index (κ2) is 7.84. The average Bonchev–Trinajstić information content (AvgIpc) is 3.26. The van der Waals surface area contributed by atoms with Gasteiger partial charge in [0.2, 0.25) is 11.8 Å². The number of aryl methyl sites for hydroxylation is 1. The zero-order chi connectivity index (χ0) is 20.3. The van der Waals surface area contributed by atoms with Crippen LogP contribution in [0.15, 0.2) is 34.9 Å². The van der Waals surface area contributed by atoms with Gasteiger partial charge in [0.1, 0.15) is 17.8 Å². The molecule has 0 radical (unpaired) electrons. The Morgan fingerprint density at radius 1 is 1.18 bits per heavy atom. The summed E-state index contributed by atoms with van der Waals surface area (Å²) in [6, 6.07) is 8.93. The van der Waals surface area contributed by atoms with Crippen molar-refractivity contribution in [2.24, 2.45) is 0 Å². The maximum atomic E-state index is 12.6. The van der Waals surface area contributed by atoms with Gasteiger partial charge in [-0.2, -0.15) is 0 Å². The molecule has 2 N–H and O–H groups in total. The summed E-state index contributed by atoms with van der Waals surface area (Å²) >= 11 is 0. The highest BCUT2D eigenvalue weighted by Crippen LogP contribution is 2.25. The second-order valence-corrected chi connectivity index (χ2v) is 6.79. The first-order valence-electron chi connectivity index (χ1n) is 9.42. The van der Waals surface area contributed by atoms with Crippen molar-refractivity contribution in [1.29, 1.82) is 0 Å². The van der Waals surface area contributed by atoms with E-state index in [1.807, 2.05) is 38.1 Å². The molecule has 0 aliphatic carbocycles. The lowest BCUT2D eigenvalue weighted by atomic mass is 9.93. The molecule has 3 rings (SSSR count). The number of amides is 4. The van der Waals surface area contributed by atoms with E-state index in [0.717, 1.165) is 16.9 Å². The van der Waals surface area contributed by atoms with Gasteiger partial charge < -0.3 is 9.84 Å². The first kappa shape index (κ1) is 19.6. The average molecular weight is 384 g/mol. The van der Waals surface area contributed by atoms with Crippen LogP contribution in [0.3, 0.4) is 0 Å². The highest BCUT2D eigenvalue weighted by atomic mass is 16.5. The fourth-order valence-corrected chi connectivity index (χ4v) is 3.25. The smallest absolute Gasteiger partial charge is 0.325 e. The van der Waals surface area contributed by atoms with Gasteiger partial charge in [-0.15, -0.1) is 0 Å². The molecule has 1 aliphatic heterocycles. The lowest BCUT2D eigenvalue weighted by Gasteiger charge is -2.22. The Balaban J connectivity index is 1.65. The molecular formula is C20H24N4O4. The van der Waals surface area contributed by atoms with E-state index in [-0.39, 0.29) is 18.3 Å². The predicted octanol–water partition coefficient (Wildman–Crippen LogP) is 2.95. The van der Waals surface area contributed by atoms with Crippen LogP contribution < -0.4 is 10.6 Å². The third-order valence-electron chi connectivity index (χ3n) is 5.19. The lowest BCUT2D eigenvalue weighted by molar-refractivity contribution is -0.134. The summed E-state index contributed by atoms with van der Waals surface area (Å²) < 4.78 is 5.16. The fraction of sp³-hybridized carbons (Fsp3) is 0.400. The number of nitrogens with zero attached hydrogens (tertiary/aromatic N) is 2. The molecule has 1 fully saturated rings. The van der Waals surface area contributed by atoms with Gasteiger partial charge in [-0.05, 0) is 24.8 Å². The SMILES string of the molecule is CCc1ccc(-c2cc(NC(=O)CN3C(=O)NC(CC)(CC)C3=O)on2)cc1. The molecule has 2 aromatic rings. The van der Waals surface area contributed by atoms with Crippen LogP contribution in [0.2, 0.25) is 0 Å². The summed E-state index contributed by atoms with van der Waals surface area (Å²) in [5, 5.41) is 9.19. The van der Waals surface area contributed by atoms with Gasteiger partial charge in [-0.25, -0.2) is 4.79 Å². The number of imide groups is 1. The minimum Gasteiger partial charge on any atom is -0.338 e. The lowest BCUT2D eigenvalue weighted by Crippen LogP contribution is -2.46. The highest BCUT2D eigenvalue weighted by Gasteiger charge is 2.49. The maximum Gasteiger partial charge on any atom is 0.325 e. The molecular weight excluding hydrogens is 360 g/mol. The van der Waals surface area contributed by atoms with E-state index >= 15 is 0 Å². The summed E-state index contributed by atoms with van der Waals surface area (Å²) in [5.74, 6) is -0.758. The zero-order valence-electron chi connectivity index (χ0n) is 16.2. The monoisotopic (exact) mass is 384 g/mol. The molecule has 1 aromatic carbocycles. The summed E-state index contributed by atoms with van der Waals surface area (Å²) in [5.41, 5.74) is 1.74. The number of rotatable bonds is 7. The van der Waals surface area contributed by atoms with Gasteiger partial charge in [0.05, 0.1) is 0 Å². The molecule has 0 atom stereocenters. The normalized spacial score (nSPS) is 15.6. The molecule has 0 bridgehead atoms. The number of hydrogen-bond acceptors (Lipinski definition) is 5. The van der Waals surface area contributed by atoms with E-state index in [1.165, 1.54) is 5.56 Å². The van der Waals surface area contributed by atoms with Crippen molar-refractivity contribution < 1.29 is 18.9 Å². The number of carbonyl (C=O) groups is 3. The largest absolute Gasteiger partial charge is 0.338 e. The van der Waals surface area contributed by atoms with Gasteiger partial charge >= 0.3 is 6.03 Å². The van der Waals surface area contributed by atoms with Crippen LogP contribution in [-0.4, -0.2) is 40.0 Å². The van der Waals surface area contributed by atoms with E-state index in [9.17, 15) is 14.4 Å². The van der Waals surface area contributed by atoms with Crippen LogP contribution in [0.5, 0.6) is 0 Å². The predicted molar refractivity (Wildman–Crippen MR) is 104 cm³/mol. The van der Waals surface area contributed by atoms with Crippen LogP contribution in [0.1, 0.15) is 39.2 Å². The van der Waals surface area contributed by atoms with Crippen molar-refractivity contribution >= 4 is 23.7 Å². The Hall–Kier alpha value is -3.16. The minimum atomic E-state index is -0.929. The zero-order valence-corrected chi connectivity index (χ0v) is 16.2. The molecule has 8 heteroatoms. The van der Waals surface area contributed by atoms with Crippen LogP contribution in [0.25, 0.3) is 11.3 Å². The molecule has 1 saturated heterocycles. The summed E-state index contributed by atoms with van der Waals surface area (Å²) in [6.07, 6.45) is 1.88. The molecule has 2 heterocycles. The van der Waals surface area contributed by atoms with Gasteiger partial charge in [-0.1, -0.05) is 50.2 Å². The van der Waals surface area contributed by atoms with Crippen LogP contribution in [0.4, 0.5) is 10.7 Å². The van der Waals surface area contributed by atoms with Gasteiger partial charge in [0.25, 0.3) is 5.91 Å². The van der Waals surface area contributed by atoms with Crippen LogP contribution in [-0.2, 0) is 16.0 Å². The van der Waals surface area contributed by atoms with Gasteiger partial charge in [0, 0.05) is 11.6 Å². The molecule has 148 valence electrons. The number of aromatic nitrogens is 1. The number of benzene rings is 1. The summed E-state index contributed by atoms with van der Waals surface area (Å²) in [6.45, 7) is 5.35. The van der Waals surface area contributed by atoms with Crippen LogP contribution >= 0.6 is 0 Å².